The molecule has 1 aromatic carbocycles. The Hall–Kier alpha value is -1.76. The molecular weight excluding hydrogens is 323 g/mol. The van der Waals surface area contributed by atoms with Crippen LogP contribution in [0.3, 0.4) is 0 Å². The van der Waals surface area contributed by atoms with Crippen LogP contribution in [0, 0.1) is 0 Å². The molecule has 19 heavy (non-hydrogen) atoms. The highest BCUT2D eigenvalue weighted by Gasteiger charge is 2.30. The molecule has 1 aromatic heterocycles. The molecular formula is C12H9BrF3N3. The van der Waals surface area contributed by atoms with Crippen LogP contribution in [0.5, 0.6) is 0 Å². The third-order valence-electron chi connectivity index (χ3n) is 2.39. The average Bonchev–Trinajstić information content (AvgIpc) is 2.33. The van der Waals surface area contributed by atoms with Crippen LogP contribution in [-0.2, 0) is 6.18 Å². The lowest BCUT2D eigenvalue weighted by Crippen LogP contribution is -2.05. The molecule has 0 unspecified atom stereocenters. The van der Waals surface area contributed by atoms with E-state index in [-0.39, 0.29) is 0 Å². The van der Waals surface area contributed by atoms with Gasteiger partial charge in [0.2, 0.25) is 0 Å². The van der Waals surface area contributed by atoms with Crippen molar-refractivity contribution in [2.75, 3.05) is 11.1 Å². The minimum absolute atomic E-state index is 0.299. The zero-order valence-corrected chi connectivity index (χ0v) is 11.1. The smallest absolute Gasteiger partial charge is 0.396 e. The Balaban J connectivity index is 2.34. The second-order valence-electron chi connectivity index (χ2n) is 3.79. The van der Waals surface area contributed by atoms with Gasteiger partial charge in [-0.15, -0.1) is 0 Å². The molecule has 0 saturated carbocycles. The van der Waals surface area contributed by atoms with E-state index in [4.69, 9.17) is 5.73 Å². The second kappa shape index (κ2) is 5.08. The molecule has 1 heterocycles. The third-order valence-corrected chi connectivity index (χ3v) is 2.99. The van der Waals surface area contributed by atoms with Gasteiger partial charge < -0.3 is 11.1 Å². The number of aromatic nitrogens is 1. The highest BCUT2D eigenvalue weighted by molar-refractivity contribution is 9.10. The summed E-state index contributed by atoms with van der Waals surface area (Å²) in [6.07, 6.45) is -1.45. The van der Waals surface area contributed by atoms with Crippen molar-refractivity contribution in [2.45, 2.75) is 6.18 Å². The van der Waals surface area contributed by atoms with Gasteiger partial charge in [-0.1, -0.05) is 6.07 Å². The van der Waals surface area contributed by atoms with Gasteiger partial charge in [-0.2, -0.15) is 13.2 Å². The summed E-state index contributed by atoms with van der Waals surface area (Å²) in [5.41, 5.74) is 6.11. The van der Waals surface area contributed by atoms with E-state index in [1.807, 2.05) is 0 Å². The predicted molar refractivity (Wildman–Crippen MR) is 71.1 cm³/mol. The first kappa shape index (κ1) is 13.7. The Labute approximate surface area is 115 Å². The van der Waals surface area contributed by atoms with Gasteiger partial charge in [0.15, 0.2) is 0 Å². The van der Waals surface area contributed by atoms with E-state index >= 15 is 0 Å². The third kappa shape index (κ3) is 3.17. The highest BCUT2D eigenvalue weighted by Crippen LogP contribution is 2.34. The second-order valence-corrected chi connectivity index (χ2v) is 4.64. The SMILES string of the molecule is Nc1cncc(Br)c1Nc1cccc(C(F)(F)F)c1. The van der Waals surface area contributed by atoms with Crippen LogP contribution in [0.1, 0.15) is 5.56 Å². The zero-order valence-electron chi connectivity index (χ0n) is 9.50. The summed E-state index contributed by atoms with van der Waals surface area (Å²) in [4.78, 5) is 3.85. The Morgan fingerprint density at radius 3 is 2.58 bits per heavy atom. The maximum Gasteiger partial charge on any atom is 0.416 e. The van der Waals surface area contributed by atoms with Gasteiger partial charge in [-0.3, -0.25) is 4.98 Å². The largest absolute Gasteiger partial charge is 0.416 e. The summed E-state index contributed by atoms with van der Waals surface area (Å²) in [5.74, 6) is 0. The van der Waals surface area contributed by atoms with E-state index in [1.165, 1.54) is 24.5 Å². The number of rotatable bonds is 2. The summed E-state index contributed by atoms with van der Waals surface area (Å²) in [7, 11) is 0. The van der Waals surface area contributed by atoms with Crippen molar-refractivity contribution in [2.24, 2.45) is 0 Å². The van der Waals surface area contributed by atoms with Gasteiger partial charge in [-0.25, -0.2) is 0 Å². The van der Waals surface area contributed by atoms with E-state index in [0.29, 0.717) is 21.5 Å². The minimum atomic E-state index is -4.38. The molecule has 7 heteroatoms. The molecule has 100 valence electrons. The summed E-state index contributed by atoms with van der Waals surface area (Å²) in [6, 6.07) is 4.89. The molecule has 2 rings (SSSR count). The lowest BCUT2D eigenvalue weighted by molar-refractivity contribution is -0.137. The molecule has 2 aromatic rings. The van der Waals surface area contributed by atoms with Gasteiger partial charge in [-0.05, 0) is 34.1 Å². The fourth-order valence-electron chi connectivity index (χ4n) is 1.50. The average molecular weight is 332 g/mol. The number of hydrogen-bond acceptors (Lipinski definition) is 3. The van der Waals surface area contributed by atoms with Crippen LogP contribution in [0.4, 0.5) is 30.2 Å². The molecule has 0 fully saturated rings. The van der Waals surface area contributed by atoms with E-state index < -0.39 is 11.7 Å². The van der Waals surface area contributed by atoms with Crippen LogP contribution in [0.15, 0.2) is 41.1 Å². The van der Waals surface area contributed by atoms with Crippen molar-refractivity contribution < 1.29 is 13.2 Å². The van der Waals surface area contributed by atoms with Gasteiger partial charge in [0, 0.05) is 11.9 Å². The maximum atomic E-state index is 12.6. The molecule has 0 aliphatic rings. The standard InChI is InChI=1S/C12H9BrF3N3/c13-9-5-18-6-10(17)11(9)19-8-3-1-2-7(4-8)12(14,15)16/h1-6H,17H2,(H,18,19). The Kier molecular flexibility index (Phi) is 3.66. The molecule has 0 amide bonds. The lowest BCUT2D eigenvalue weighted by atomic mass is 10.2. The molecule has 0 aliphatic carbocycles. The van der Waals surface area contributed by atoms with Crippen molar-refractivity contribution in [3.05, 3.63) is 46.7 Å². The van der Waals surface area contributed by atoms with Crippen LogP contribution in [0.25, 0.3) is 0 Å². The topological polar surface area (TPSA) is 50.9 Å². The maximum absolute atomic E-state index is 12.6. The van der Waals surface area contributed by atoms with Crippen LogP contribution >= 0.6 is 15.9 Å². The summed E-state index contributed by atoms with van der Waals surface area (Å²) in [5, 5.41) is 2.84. The minimum Gasteiger partial charge on any atom is -0.396 e. The van der Waals surface area contributed by atoms with E-state index in [9.17, 15) is 13.2 Å². The van der Waals surface area contributed by atoms with Crippen molar-refractivity contribution in [3.8, 4) is 0 Å². The highest BCUT2D eigenvalue weighted by atomic mass is 79.9. The number of nitrogens with zero attached hydrogens (tertiary/aromatic N) is 1. The number of nitrogens with two attached hydrogens (primary N) is 1. The Bertz CT molecular complexity index is 579. The number of hydrogen-bond donors (Lipinski definition) is 2. The number of halogens is 4. The first-order valence-electron chi connectivity index (χ1n) is 5.21. The number of pyridine rings is 1. The first-order chi connectivity index (χ1) is 8.88. The molecule has 0 radical (unpaired) electrons. The Morgan fingerprint density at radius 2 is 1.95 bits per heavy atom. The quantitative estimate of drug-likeness (QED) is 0.867. The number of benzene rings is 1. The van der Waals surface area contributed by atoms with Crippen molar-refractivity contribution in [1.82, 2.24) is 4.98 Å². The van der Waals surface area contributed by atoms with Crippen molar-refractivity contribution >= 4 is 33.0 Å². The summed E-state index contributed by atoms with van der Waals surface area (Å²) < 4.78 is 38.4. The molecule has 3 nitrogen and oxygen atoms in total. The van der Waals surface area contributed by atoms with Crippen molar-refractivity contribution in [1.29, 1.82) is 0 Å². The summed E-state index contributed by atoms with van der Waals surface area (Å²) in [6.45, 7) is 0. The molecule has 0 aliphatic heterocycles. The van der Waals surface area contributed by atoms with E-state index in [2.05, 4.69) is 26.2 Å². The van der Waals surface area contributed by atoms with Gasteiger partial charge >= 0.3 is 6.18 Å². The van der Waals surface area contributed by atoms with Crippen molar-refractivity contribution in [3.63, 3.8) is 0 Å². The van der Waals surface area contributed by atoms with Crippen LogP contribution in [0.2, 0.25) is 0 Å². The van der Waals surface area contributed by atoms with Crippen LogP contribution in [-0.4, -0.2) is 4.98 Å². The Morgan fingerprint density at radius 1 is 1.21 bits per heavy atom. The van der Waals surface area contributed by atoms with Crippen LogP contribution < -0.4 is 11.1 Å². The molecule has 0 bridgehead atoms. The number of nitrogens with one attached hydrogen (secondary N) is 1. The molecule has 3 N–H and O–H groups in total. The fraction of sp³-hybridized carbons (Fsp3) is 0.0833. The zero-order chi connectivity index (χ0) is 14.0. The molecule has 0 atom stereocenters. The normalized spacial score (nSPS) is 11.4. The number of anilines is 3. The van der Waals surface area contributed by atoms with E-state index in [0.717, 1.165) is 12.1 Å². The van der Waals surface area contributed by atoms with E-state index in [1.54, 1.807) is 0 Å². The predicted octanol–water partition coefficient (Wildman–Crippen LogP) is 4.19. The first-order valence-corrected chi connectivity index (χ1v) is 6.00. The number of nitrogen functional groups attached to an aromatic ring is 1. The van der Waals surface area contributed by atoms with Gasteiger partial charge in [0.1, 0.15) is 0 Å². The summed E-state index contributed by atoms with van der Waals surface area (Å²) >= 11 is 3.24. The molecule has 0 spiro atoms. The van der Waals surface area contributed by atoms with Gasteiger partial charge in [0.05, 0.1) is 27.6 Å². The van der Waals surface area contributed by atoms with Gasteiger partial charge in [0.25, 0.3) is 0 Å². The molecule has 0 saturated heterocycles. The fourth-order valence-corrected chi connectivity index (χ4v) is 1.95. The number of alkyl halides is 3. The monoisotopic (exact) mass is 331 g/mol. The lowest BCUT2D eigenvalue weighted by Gasteiger charge is -2.13.